The summed E-state index contributed by atoms with van der Waals surface area (Å²) in [6.45, 7) is 2.10. The first-order chi connectivity index (χ1) is 16.3. The van der Waals surface area contributed by atoms with Gasteiger partial charge in [0.2, 0.25) is 0 Å². The molecule has 1 fully saturated rings. The third-order valence-electron chi connectivity index (χ3n) is 7.14. The van der Waals surface area contributed by atoms with Crippen LogP contribution in [0.2, 0.25) is 5.02 Å². The SMILES string of the molecule is Cc1ccc(CC[C@H]2CC[C@H](CCc3cc(F)c(-c4cc(F)c(Cl)c(F)c4)c(F)c3)CC2)cc1. The highest BCUT2D eigenvalue weighted by Crippen LogP contribution is 2.35. The van der Waals surface area contributed by atoms with Gasteiger partial charge in [0.15, 0.2) is 0 Å². The Balaban J connectivity index is 1.30. The second-order valence-corrected chi connectivity index (χ2v) is 10.0. The number of rotatable bonds is 7. The highest BCUT2D eigenvalue weighted by molar-refractivity contribution is 6.31. The first-order valence-corrected chi connectivity index (χ1v) is 12.4. The summed E-state index contributed by atoms with van der Waals surface area (Å²) >= 11 is 5.48. The van der Waals surface area contributed by atoms with Gasteiger partial charge in [0.1, 0.15) is 28.3 Å². The molecule has 0 radical (unpaired) electrons. The van der Waals surface area contributed by atoms with Crippen LogP contribution >= 0.6 is 11.6 Å². The molecule has 180 valence electrons. The minimum absolute atomic E-state index is 0.204. The topological polar surface area (TPSA) is 0 Å². The minimum Gasteiger partial charge on any atom is -0.206 e. The van der Waals surface area contributed by atoms with Crippen LogP contribution in [0.15, 0.2) is 48.5 Å². The number of halogens is 5. The molecule has 0 amide bonds. The zero-order valence-electron chi connectivity index (χ0n) is 19.3. The number of hydrogen-bond donors (Lipinski definition) is 0. The lowest BCUT2D eigenvalue weighted by molar-refractivity contribution is 0.253. The summed E-state index contributed by atoms with van der Waals surface area (Å²) in [7, 11) is 0. The van der Waals surface area contributed by atoms with E-state index in [9.17, 15) is 17.6 Å². The molecule has 3 aromatic rings. The van der Waals surface area contributed by atoms with Crippen molar-refractivity contribution in [2.45, 2.75) is 58.3 Å². The van der Waals surface area contributed by atoms with E-state index in [4.69, 9.17) is 11.6 Å². The van der Waals surface area contributed by atoms with E-state index in [1.165, 1.54) is 42.5 Å². The molecule has 4 rings (SSSR count). The van der Waals surface area contributed by atoms with Crippen molar-refractivity contribution in [1.29, 1.82) is 0 Å². The largest absolute Gasteiger partial charge is 0.206 e. The summed E-state index contributed by atoms with van der Waals surface area (Å²) in [5.41, 5.74) is 2.60. The van der Waals surface area contributed by atoms with E-state index in [1.54, 1.807) is 0 Å². The fourth-order valence-electron chi connectivity index (χ4n) is 5.05. The average molecular weight is 489 g/mol. The molecule has 0 unspecified atom stereocenters. The Bertz CT molecular complexity index is 1090. The van der Waals surface area contributed by atoms with Crippen molar-refractivity contribution in [1.82, 2.24) is 0 Å². The highest BCUT2D eigenvalue weighted by Gasteiger charge is 2.22. The molecule has 3 aromatic carbocycles. The van der Waals surface area contributed by atoms with E-state index < -0.39 is 33.9 Å². The summed E-state index contributed by atoms with van der Waals surface area (Å²) in [5.74, 6) is -2.44. The van der Waals surface area contributed by atoms with Crippen molar-refractivity contribution in [3.63, 3.8) is 0 Å². The van der Waals surface area contributed by atoms with Gasteiger partial charge in [-0.1, -0.05) is 67.1 Å². The van der Waals surface area contributed by atoms with Gasteiger partial charge < -0.3 is 0 Å². The molecule has 0 nitrogen and oxygen atoms in total. The molecule has 0 atom stereocenters. The Labute approximate surface area is 204 Å². The normalized spacial score (nSPS) is 18.3. The molecular formula is C29H29ClF4. The fourth-order valence-corrected chi connectivity index (χ4v) is 5.16. The molecule has 0 N–H and O–H groups in total. The van der Waals surface area contributed by atoms with Crippen LogP contribution < -0.4 is 0 Å². The summed E-state index contributed by atoms with van der Waals surface area (Å²) in [5, 5.41) is -0.689. The Morgan fingerprint density at radius 3 is 1.65 bits per heavy atom. The van der Waals surface area contributed by atoms with Crippen LogP contribution in [0.4, 0.5) is 17.6 Å². The lowest BCUT2D eigenvalue weighted by atomic mass is 9.77. The minimum atomic E-state index is -1.05. The van der Waals surface area contributed by atoms with Gasteiger partial charge in [-0.05, 0) is 85.4 Å². The van der Waals surface area contributed by atoms with Gasteiger partial charge in [-0.15, -0.1) is 0 Å². The molecule has 0 aromatic heterocycles. The molecule has 5 heteroatoms. The second-order valence-electron chi connectivity index (χ2n) is 9.64. The average Bonchev–Trinajstić information content (AvgIpc) is 2.81. The molecule has 34 heavy (non-hydrogen) atoms. The molecule has 1 aliphatic rings. The van der Waals surface area contributed by atoms with E-state index in [0.29, 0.717) is 17.9 Å². The third kappa shape index (κ3) is 6.02. The fraction of sp³-hybridized carbons (Fsp3) is 0.379. The Morgan fingerprint density at radius 2 is 1.15 bits per heavy atom. The zero-order valence-corrected chi connectivity index (χ0v) is 20.1. The number of benzene rings is 3. The lowest BCUT2D eigenvalue weighted by Crippen LogP contribution is -2.16. The maximum atomic E-state index is 14.7. The van der Waals surface area contributed by atoms with Crippen LogP contribution in [0.5, 0.6) is 0 Å². The van der Waals surface area contributed by atoms with Crippen molar-refractivity contribution in [2.24, 2.45) is 11.8 Å². The molecule has 1 saturated carbocycles. The van der Waals surface area contributed by atoms with E-state index >= 15 is 0 Å². The van der Waals surface area contributed by atoms with Gasteiger partial charge in [0.25, 0.3) is 0 Å². The van der Waals surface area contributed by atoms with Crippen molar-refractivity contribution in [3.05, 3.63) is 93.5 Å². The maximum absolute atomic E-state index is 14.7. The van der Waals surface area contributed by atoms with Crippen LogP contribution in [0.3, 0.4) is 0 Å². The summed E-state index contributed by atoms with van der Waals surface area (Å²) < 4.78 is 56.9. The van der Waals surface area contributed by atoms with Crippen molar-refractivity contribution in [3.8, 4) is 11.1 Å². The number of hydrogen-bond acceptors (Lipinski definition) is 0. The summed E-state index contributed by atoms with van der Waals surface area (Å²) in [4.78, 5) is 0. The Kier molecular flexibility index (Phi) is 7.98. The molecule has 1 aliphatic carbocycles. The number of aryl methyl sites for hydroxylation is 3. The van der Waals surface area contributed by atoms with Crippen LogP contribution in [0.1, 0.15) is 55.2 Å². The summed E-state index contributed by atoms with van der Waals surface area (Å²) in [6, 6.07) is 13.0. The van der Waals surface area contributed by atoms with Gasteiger partial charge in [-0.2, -0.15) is 0 Å². The highest BCUT2D eigenvalue weighted by atomic mass is 35.5. The monoisotopic (exact) mass is 488 g/mol. The smallest absolute Gasteiger partial charge is 0.145 e. The van der Waals surface area contributed by atoms with E-state index in [1.807, 2.05) is 0 Å². The van der Waals surface area contributed by atoms with Gasteiger partial charge >= 0.3 is 0 Å². The first-order valence-electron chi connectivity index (χ1n) is 12.0. The summed E-state index contributed by atoms with van der Waals surface area (Å²) in [6.07, 6.45) is 8.47. The zero-order chi connectivity index (χ0) is 24.2. The van der Waals surface area contributed by atoms with Crippen molar-refractivity contribution < 1.29 is 17.6 Å². The van der Waals surface area contributed by atoms with E-state index in [0.717, 1.165) is 43.7 Å². The molecule has 0 saturated heterocycles. The van der Waals surface area contributed by atoms with Crippen LogP contribution in [0, 0.1) is 42.0 Å². The van der Waals surface area contributed by atoms with Gasteiger partial charge in [-0.25, -0.2) is 17.6 Å². The van der Waals surface area contributed by atoms with Gasteiger partial charge in [-0.3, -0.25) is 0 Å². The molecule has 0 bridgehead atoms. The van der Waals surface area contributed by atoms with Gasteiger partial charge in [0, 0.05) is 0 Å². The molecule has 0 spiro atoms. The van der Waals surface area contributed by atoms with Crippen LogP contribution in [-0.4, -0.2) is 0 Å². The molecule has 0 heterocycles. The van der Waals surface area contributed by atoms with E-state index in [-0.39, 0.29) is 5.56 Å². The lowest BCUT2D eigenvalue weighted by Gasteiger charge is -2.28. The van der Waals surface area contributed by atoms with Crippen molar-refractivity contribution >= 4 is 11.6 Å². The maximum Gasteiger partial charge on any atom is 0.145 e. The van der Waals surface area contributed by atoms with E-state index in [2.05, 4.69) is 31.2 Å². The standard InChI is InChI=1S/C29H29ClF4/c1-18-2-4-19(5-3-18)6-7-20-8-10-21(11-9-20)12-13-22-14-24(31)28(25(32)15-22)23-16-26(33)29(30)27(34)17-23/h2-5,14-17,20-21H,6-13H2,1H3/t20-,21-. The quantitative estimate of drug-likeness (QED) is 0.229. The first kappa shape index (κ1) is 24.8. The molecular weight excluding hydrogens is 460 g/mol. The Hall–Kier alpha value is -2.33. The predicted octanol–water partition coefficient (Wildman–Crippen LogP) is 9.24. The second kappa shape index (κ2) is 10.9. The van der Waals surface area contributed by atoms with Crippen LogP contribution in [-0.2, 0) is 12.8 Å². The van der Waals surface area contributed by atoms with Gasteiger partial charge in [0.05, 0.1) is 5.56 Å². The molecule has 0 aliphatic heterocycles. The Morgan fingerprint density at radius 1 is 0.676 bits per heavy atom. The predicted molar refractivity (Wildman–Crippen MR) is 130 cm³/mol. The van der Waals surface area contributed by atoms with Crippen LogP contribution in [0.25, 0.3) is 11.1 Å². The van der Waals surface area contributed by atoms with Crippen molar-refractivity contribution in [2.75, 3.05) is 0 Å². The third-order valence-corrected chi connectivity index (χ3v) is 7.50.